The van der Waals surface area contributed by atoms with Gasteiger partial charge >= 0.3 is 0 Å². The molecular weight excluding hydrogens is 317 g/mol. The molecule has 4 heteroatoms. The molecular formula is C18H13Cl2NO. The molecule has 0 aliphatic rings. The number of hydrogen-bond acceptors (Lipinski definition) is 2. The lowest BCUT2D eigenvalue weighted by Gasteiger charge is -2.08. The van der Waals surface area contributed by atoms with E-state index in [1.165, 1.54) is 0 Å². The number of nitriles is 1. The summed E-state index contributed by atoms with van der Waals surface area (Å²) in [7, 11) is 0. The van der Waals surface area contributed by atoms with Gasteiger partial charge in [0.2, 0.25) is 0 Å². The molecule has 0 spiro atoms. The van der Waals surface area contributed by atoms with Crippen LogP contribution < -0.4 is 4.74 Å². The standard InChI is InChI=1S/C18H13Cl2NO/c1-2-9-22-18-8-7-17(20)11-14(18)10-15(12-21)13-3-5-16(19)6-4-13/h2-8,10-11H,1,9H2/b15-10+. The van der Waals surface area contributed by atoms with Crippen LogP contribution in [-0.2, 0) is 0 Å². The van der Waals surface area contributed by atoms with E-state index in [0.29, 0.717) is 28.0 Å². The number of benzene rings is 2. The Morgan fingerprint density at radius 1 is 1.14 bits per heavy atom. The van der Waals surface area contributed by atoms with Crippen molar-refractivity contribution in [2.75, 3.05) is 6.61 Å². The van der Waals surface area contributed by atoms with E-state index >= 15 is 0 Å². The summed E-state index contributed by atoms with van der Waals surface area (Å²) in [6.45, 7) is 4.00. The van der Waals surface area contributed by atoms with Crippen LogP contribution in [0.3, 0.4) is 0 Å². The van der Waals surface area contributed by atoms with E-state index in [4.69, 9.17) is 27.9 Å². The van der Waals surface area contributed by atoms with Crippen molar-refractivity contribution in [2.24, 2.45) is 0 Å². The van der Waals surface area contributed by atoms with Gasteiger partial charge < -0.3 is 4.74 Å². The second-order valence-electron chi connectivity index (χ2n) is 4.46. The van der Waals surface area contributed by atoms with Crippen LogP contribution in [0.5, 0.6) is 5.75 Å². The second-order valence-corrected chi connectivity index (χ2v) is 5.33. The van der Waals surface area contributed by atoms with Gasteiger partial charge in [0.1, 0.15) is 12.4 Å². The van der Waals surface area contributed by atoms with E-state index < -0.39 is 0 Å². The number of rotatable bonds is 5. The van der Waals surface area contributed by atoms with E-state index in [2.05, 4.69) is 12.6 Å². The van der Waals surface area contributed by atoms with E-state index in [1.54, 1.807) is 54.6 Å². The summed E-state index contributed by atoms with van der Waals surface area (Å²) in [5.74, 6) is 0.644. The minimum absolute atomic E-state index is 0.380. The summed E-state index contributed by atoms with van der Waals surface area (Å²) in [6.07, 6.45) is 3.40. The van der Waals surface area contributed by atoms with E-state index in [1.807, 2.05) is 0 Å². The van der Waals surface area contributed by atoms with Gasteiger partial charge in [-0.2, -0.15) is 5.26 Å². The molecule has 0 atom stereocenters. The van der Waals surface area contributed by atoms with Gasteiger partial charge in [-0.05, 0) is 42.0 Å². The summed E-state index contributed by atoms with van der Waals surface area (Å²) < 4.78 is 5.59. The smallest absolute Gasteiger partial charge is 0.127 e. The van der Waals surface area contributed by atoms with Crippen molar-refractivity contribution in [3.63, 3.8) is 0 Å². The molecule has 0 fully saturated rings. The van der Waals surface area contributed by atoms with Gasteiger partial charge in [0.25, 0.3) is 0 Å². The highest BCUT2D eigenvalue weighted by Gasteiger charge is 2.06. The van der Waals surface area contributed by atoms with E-state index in [-0.39, 0.29) is 0 Å². The van der Waals surface area contributed by atoms with Gasteiger partial charge in [0.05, 0.1) is 11.6 Å². The first kappa shape index (κ1) is 16.2. The first-order valence-electron chi connectivity index (χ1n) is 6.55. The monoisotopic (exact) mass is 329 g/mol. The Bertz CT molecular complexity index is 743. The van der Waals surface area contributed by atoms with Crippen molar-refractivity contribution in [3.05, 3.63) is 76.3 Å². The average molecular weight is 330 g/mol. The van der Waals surface area contributed by atoms with Crippen molar-refractivity contribution >= 4 is 34.9 Å². The Balaban J connectivity index is 2.44. The highest BCUT2D eigenvalue weighted by Crippen LogP contribution is 2.28. The zero-order valence-corrected chi connectivity index (χ0v) is 13.2. The van der Waals surface area contributed by atoms with Crippen LogP contribution >= 0.6 is 23.2 Å². The molecule has 0 aliphatic heterocycles. The van der Waals surface area contributed by atoms with Gasteiger partial charge in [0.15, 0.2) is 0 Å². The van der Waals surface area contributed by atoms with Crippen LogP contribution in [0.4, 0.5) is 0 Å². The molecule has 0 aromatic heterocycles. The molecule has 2 rings (SSSR count). The summed E-state index contributed by atoms with van der Waals surface area (Å²) in [5.41, 5.74) is 2.02. The van der Waals surface area contributed by atoms with Gasteiger partial charge in [-0.15, -0.1) is 0 Å². The van der Waals surface area contributed by atoms with Gasteiger partial charge in [0, 0.05) is 15.6 Å². The van der Waals surface area contributed by atoms with E-state index in [0.717, 1.165) is 11.1 Å². The predicted octanol–water partition coefficient (Wildman–Crippen LogP) is 5.62. The first-order chi connectivity index (χ1) is 10.6. The highest BCUT2D eigenvalue weighted by atomic mass is 35.5. The Labute approximate surface area is 139 Å². The molecule has 22 heavy (non-hydrogen) atoms. The topological polar surface area (TPSA) is 33.0 Å². The fraction of sp³-hybridized carbons (Fsp3) is 0.0556. The summed E-state index contributed by atoms with van der Waals surface area (Å²) in [5, 5.41) is 10.6. The number of allylic oxidation sites excluding steroid dienone is 1. The zero-order valence-electron chi connectivity index (χ0n) is 11.7. The minimum Gasteiger partial charge on any atom is -0.489 e. The number of ether oxygens (including phenoxy) is 1. The average Bonchev–Trinajstić information content (AvgIpc) is 2.53. The Hall–Kier alpha value is -2.21. The Morgan fingerprint density at radius 3 is 2.45 bits per heavy atom. The molecule has 0 saturated heterocycles. The number of hydrogen-bond donors (Lipinski definition) is 0. The van der Waals surface area contributed by atoms with Crippen LogP contribution in [0.15, 0.2) is 55.1 Å². The quantitative estimate of drug-likeness (QED) is 0.405. The maximum Gasteiger partial charge on any atom is 0.127 e. The highest BCUT2D eigenvalue weighted by molar-refractivity contribution is 6.31. The number of nitrogens with zero attached hydrogens (tertiary/aromatic N) is 1. The molecule has 0 N–H and O–H groups in total. The maximum atomic E-state index is 9.41. The number of halogens is 2. The lowest BCUT2D eigenvalue weighted by atomic mass is 10.0. The van der Waals surface area contributed by atoms with Crippen molar-refractivity contribution < 1.29 is 4.74 Å². The summed E-state index contributed by atoms with van der Waals surface area (Å²) in [4.78, 5) is 0. The fourth-order valence-corrected chi connectivity index (χ4v) is 2.18. The normalized spacial score (nSPS) is 10.9. The van der Waals surface area contributed by atoms with E-state index in [9.17, 15) is 5.26 Å². The van der Waals surface area contributed by atoms with Gasteiger partial charge in [-0.3, -0.25) is 0 Å². The van der Waals surface area contributed by atoms with Gasteiger partial charge in [-0.1, -0.05) is 48.0 Å². The molecule has 0 saturated carbocycles. The van der Waals surface area contributed by atoms with Crippen molar-refractivity contribution in [1.82, 2.24) is 0 Å². The first-order valence-corrected chi connectivity index (χ1v) is 7.30. The van der Waals surface area contributed by atoms with Crippen molar-refractivity contribution in [1.29, 1.82) is 5.26 Å². The summed E-state index contributed by atoms with van der Waals surface area (Å²) in [6, 6.07) is 14.5. The molecule has 2 nitrogen and oxygen atoms in total. The molecule has 0 unspecified atom stereocenters. The Morgan fingerprint density at radius 2 is 1.82 bits per heavy atom. The molecule has 0 radical (unpaired) electrons. The summed E-state index contributed by atoms with van der Waals surface area (Å²) >= 11 is 11.9. The fourth-order valence-electron chi connectivity index (χ4n) is 1.88. The molecule has 0 heterocycles. The largest absolute Gasteiger partial charge is 0.489 e. The van der Waals surface area contributed by atoms with Crippen LogP contribution in [-0.4, -0.2) is 6.61 Å². The van der Waals surface area contributed by atoms with Crippen LogP contribution in [0, 0.1) is 11.3 Å². The zero-order chi connectivity index (χ0) is 15.9. The molecule has 0 bridgehead atoms. The Kier molecular flexibility index (Phi) is 5.66. The van der Waals surface area contributed by atoms with Crippen molar-refractivity contribution in [2.45, 2.75) is 0 Å². The van der Waals surface area contributed by atoms with Gasteiger partial charge in [-0.25, -0.2) is 0 Å². The third-order valence-electron chi connectivity index (χ3n) is 2.90. The third kappa shape index (κ3) is 4.14. The lowest BCUT2D eigenvalue weighted by Crippen LogP contribution is -1.95. The van der Waals surface area contributed by atoms with Crippen LogP contribution in [0.1, 0.15) is 11.1 Å². The van der Waals surface area contributed by atoms with Crippen LogP contribution in [0.25, 0.3) is 11.6 Å². The molecule has 0 aliphatic carbocycles. The molecule has 2 aromatic rings. The van der Waals surface area contributed by atoms with Crippen molar-refractivity contribution in [3.8, 4) is 11.8 Å². The predicted molar refractivity (Wildman–Crippen MR) is 92.1 cm³/mol. The lowest BCUT2D eigenvalue weighted by molar-refractivity contribution is 0.362. The third-order valence-corrected chi connectivity index (χ3v) is 3.39. The second kappa shape index (κ2) is 7.70. The maximum absolute atomic E-state index is 9.41. The minimum atomic E-state index is 0.380. The molecule has 0 amide bonds. The van der Waals surface area contributed by atoms with Crippen LogP contribution in [0.2, 0.25) is 10.0 Å². The molecule has 2 aromatic carbocycles. The molecule has 110 valence electrons. The SMILES string of the molecule is C=CCOc1ccc(Cl)cc1/C=C(\C#N)c1ccc(Cl)cc1.